The molecule has 0 spiro atoms. The predicted octanol–water partition coefficient (Wildman–Crippen LogP) is 4.92. The van der Waals surface area contributed by atoms with Crippen LogP contribution in [0.1, 0.15) is 11.1 Å². The summed E-state index contributed by atoms with van der Waals surface area (Å²) >= 11 is 15.6. The molecule has 15 heavy (non-hydrogen) atoms. The molecule has 1 aromatic carbocycles. The molecule has 1 aromatic heterocycles. The average Bonchev–Trinajstić information content (AvgIpc) is 2.20. The summed E-state index contributed by atoms with van der Waals surface area (Å²) in [5, 5.41) is 1.98. The van der Waals surface area contributed by atoms with Crippen LogP contribution in [0.25, 0.3) is 10.9 Å². The van der Waals surface area contributed by atoms with E-state index in [0.29, 0.717) is 10.0 Å². The van der Waals surface area contributed by atoms with Crippen molar-refractivity contribution in [3.63, 3.8) is 0 Å². The van der Waals surface area contributed by atoms with Crippen molar-refractivity contribution < 1.29 is 0 Å². The van der Waals surface area contributed by atoms with Crippen LogP contribution in [0, 0.1) is 13.8 Å². The molecule has 0 bridgehead atoms. The second-order valence-corrected chi connectivity index (χ2v) is 5.02. The van der Waals surface area contributed by atoms with E-state index in [1.165, 1.54) is 0 Å². The predicted molar refractivity (Wildman–Crippen MR) is 68.9 cm³/mol. The molecule has 0 unspecified atom stereocenters. The smallest absolute Gasteiger partial charge is 0.0782 e. The first kappa shape index (κ1) is 11.2. The highest BCUT2D eigenvalue weighted by atomic mass is 79.9. The average molecular weight is 305 g/mol. The van der Waals surface area contributed by atoms with Crippen molar-refractivity contribution in [1.82, 2.24) is 4.98 Å². The van der Waals surface area contributed by atoms with Crippen LogP contribution in [-0.4, -0.2) is 4.98 Å². The maximum Gasteiger partial charge on any atom is 0.0782 e. The summed E-state index contributed by atoms with van der Waals surface area (Å²) in [5.41, 5.74) is 3.10. The van der Waals surface area contributed by atoms with Crippen molar-refractivity contribution in [3.8, 4) is 0 Å². The molecule has 0 N–H and O–H groups in total. The van der Waals surface area contributed by atoms with Gasteiger partial charge in [0.1, 0.15) is 0 Å². The highest BCUT2D eigenvalue weighted by Gasteiger charge is 2.11. The lowest BCUT2D eigenvalue weighted by molar-refractivity contribution is 1.33. The minimum Gasteiger partial charge on any atom is -0.255 e. The number of halogens is 3. The summed E-state index contributed by atoms with van der Waals surface area (Å²) in [7, 11) is 0. The number of benzene rings is 1. The van der Waals surface area contributed by atoms with Gasteiger partial charge in [0.15, 0.2) is 0 Å². The summed E-state index contributed by atoms with van der Waals surface area (Å²) < 4.78 is 1.06. The van der Waals surface area contributed by atoms with Gasteiger partial charge in [0.05, 0.1) is 15.6 Å². The van der Waals surface area contributed by atoms with Crippen LogP contribution in [0.4, 0.5) is 0 Å². The molecule has 0 aliphatic heterocycles. The van der Waals surface area contributed by atoms with Gasteiger partial charge in [-0.1, -0.05) is 39.1 Å². The van der Waals surface area contributed by atoms with E-state index in [2.05, 4.69) is 20.9 Å². The van der Waals surface area contributed by atoms with Gasteiger partial charge < -0.3 is 0 Å². The van der Waals surface area contributed by atoms with Crippen molar-refractivity contribution in [2.75, 3.05) is 0 Å². The Morgan fingerprint density at radius 2 is 1.93 bits per heavy atom. The summed E-state index contributed by atoms with van der Waals surface area (Å²) in [4.78, 5) is 4.27. The molecular weight excluding hydrogens is 297 g/mol. The topological polar surface area (TPSA) is 12.9 Å². The van der Waals surface area contributed by atoms with Gasteiger partial charge in [-0.3, -0.25) is 4.98 Å². The van der Waals surface area contributed by atoms with Crippen molar-refractivity contribution in [1.29, 1.82) is 0 Å². The number of hydrogen-bond donors (Lipinski definition) is 0. The van der Waals surface area contributed by atoms with Crippen molar-refractivity contribution >= 4 is 50.0 Å². The maximum absolute atomic E-state index is 6.16. The third-order valence-corrected chi connectivity index (χ3v) is 4.40. The normalized spacial score (nSPS) is 11.0. The van der Waals surface area contributed by atoms with Crippen LogP contribution in [-0.2, 0) is 0 Å². The highest BCUT2D eigenvalue weighted by molar-refractivity contribution is 9.10. The van der Waals surface area contributed by atoms with E-state index >= 15 is 0 Å². The van der Waals surface area contributed by atoms with E-state index < -0.39 is 0 Å². The molecule has 1 heterocycles. The highest BCUT2D eigenvalue weighted by Crippen LogP contribution is 2.35. The second kappa shape index (κ2) is 3.93. The zero-order valence-corrected chi connectivity index (χ0v) is 11.3. The van der Waals surface area contributed by atoms with Crippen molar-refractivity contribution in [2.45, 2.75) is 13.8 Å². The van der Waals surface area contributed by atoms with E-state index in [4.69, 9.17) is 23.2 Å². The lowest BCUT2D eigenvalue weighted by Gasteiger charge is -2.09. The Kier molecular flexibility index (Phi) is 2.93. The van der Waals surface area contributed by atoms with Crippen LogP contribution < -0.4 is 0 Å². The summed E-state index contributed by atoms with van der Waals surface area (Å²) in [6, 6.07) is 1.99. The Labute approximate surface area is 107 Å². The van der Waals surface area contributed by atoms with Gasteiger partial charge in [-0.05, 0) is 31.0 Å². The Morgan fingerprint density at radius 3 is 2.60 bits per heavy atom. The molecule has 0 atom stereocenters. The summed E-state index contributed by atoms with van der Waals surface area (Å²) in [6.45, 7) is 4.03. The molecule has 0 saturated carbocycles. The second-order valence-electron chi connectivity index (χ2n) is 3.45. The van der Waals surface area contributed by atoms with Gasteiger partial charge in [-0.25, -0.2) is 0 Å². The molecule has 0 radical (unpaired) electrons. The Hall–Kier alpha value is -0.310. The first-order chi connectivity index (χ1) is 7.02. The van der Waals surface area contributed by atoms with Gasteiger partial charge in [-0.2, -0.15) is 0 Å². The summed E-state index contributed by atoms with van der Waals surface area (Å²) in [6.07, 6.45) is 1.58. The van der Waals surface area contributed by atoms with Gasteiger partial charge in [0.25, 0.3) is 0 Å². The van der Waals surface area contributed by atoms with Crippen molar-refractivity contribution in [2.24, 2.45) is 0 Å². The van der Waals surface area contributed by atoms with Crippen LogP contribution in [0.3, 0.4) is 0 Å². The maximum atomic E-state index is 6.16. The SMILES string of the molecule is Cc1cc2ncc(Cl)c(Cl)c2c(C)c1Br. The fourth-order valence-electron chi connectivity index (χ4n) is 1.62. The molecule has 2 aromatic rings. The zero-order valence-electron chi connectivity index (χ0n) is 8.24. The molecular formula is C11H8BrCl2N. The van der Waals surface area contributed by atoms with E-state index in [1.54, 1.807) is 6.20 Å². The minimum atomic E-state index is 0.489. The van der Waals surface area contributed by atoms with Gasteiger partial charge in [0.2, 0.25) is 0 Å². The minimum absolute atomic E-state index is 0.489. The molecule has 0 aliphatic carbocycles. The Bertz CT molecular complexity index is 552. The number of nitrogens with zero attached hydrogens (tertiary/aromatic N) is 1. The fraction of sp³-hybridized carbons (Fsp3) is 0.182. The third-order valence-electron chi connectivity index (χ3n) is 2.41. The van der Waals surface area contributed by atoms with Gasteiger partial charge >= 0.3 is 0 Å². The quantitative estimate of drug-likeness (QED) is 0.673. The molecule has 0 saturated heterocycles. The first-order valence-electron chi connectivity index (χ1n) is 4.41. The molecule has 2 rings (SSSR count). The first-order valence-corrected chi connectivity index (χ1v) is 5.96. The zero-order chi connectivity index (χ0) is 11.2. The van der Waals surface area contributed by atoms with E-state index in [9.17, 15) is 0 Å². The Balaban J connectivity index is 3.00. The number of rotatable bonds is 0. The number of aryl methyl sites for hydroxylation is 2. The molecule has 0 amide bonds. The molecule has 0 aliphatic rings. The van der Waals surface area contributed by atoms with E-state index in [0.717, 1.165) is 26.5 Å². The molecule has 4 heteroatoms. The van der Waals surface area contributed by atoms with E-state index in [-0.39, 0.29) is 0 Å². The molecule has 0 fully saturated rings. The van der Waals surface area contributed by atoms with Crippen LogP contribution in [0.2, 0.25) is 10.0 Å². The summed E-state index contributed by atoms with van der Waals surface area (Å²) in [5.74, 6) is 0. The Morgan fingerprint density at radius 1 is 1.27 bits per heavy atom. The lowest BCUT2D eigenvalue weighted by Crippen LogP contribution is -1.89. The fourth-order valence-corrected chi connectivity index (χ4v) is 2.36. The van der Waals surface area contributed by atoms with Gasteiger partial charge in [-0.15, -0.1) is 0 Å². The lowest BCUT2D eigenvalue weighted by atomic mass is 10.1. The third kappa shape index (κ3) is 1.75. The number of aromatic nitrogens is 1. The van der Waals surface area contributed by atoms with Crippen molar-refractivity contribution in [3.05, 3.63) is 37.9 Å². The number of hydrogen-bond acceptors (Lipinski definition) is 1. The van der Waals surface area contributed by atoms with Crippen LogP contribution >= 0.6 is 39.1 Å². The molecule has 1 nitrogen and oxygen atoms in total. The standard InChI is InChI=1S/C11H8BrCl2N/c1-5-3-8-9(6(2)10(5)12)11(14)7(13)4-15-8/h3-4H,1-2H3. The van der Waals surface area contributed by atoms with Gasteiger partial charge in [0, 0.05) is 16.1 Å². The van der Waals surface area contributed by atoms with E-state index in [1.807, 2.05) is 19.9 Å². The number of pyridine rings is 1. The monoisotopic (exact) mass is 303 g/mol. The van der Waals surface area contributed by atoms with Crippen LogP contribution in [0.15, 0.2) is 16.7 Å². The molecule has 78 valence electrons. The number of fused-ring (bicyclic) bond motifs is 1. The largest absolute Gasteiger partial charge is 0.255 e. The van der Waals surface area contributed by atoms with Crippen LogP contribution in [0.5, 0.6) is 0 Å².